The normalized spacial score (nSPS) is 17.3. The van der Waals surface area contributed by atoms with Crippen LogP contribution < -0.4 is 10.6 Å². The summed E-state index contributed by atoms with van der Waals surface area (Å²) in [6, 6.07) is 15.4. The summed E-state index contributed by atoms with van der Waals surface area (Å²) in [4.78, 5) is 32.3. The smallest absolute Gasteiger partial charge is 0.338 e. The molecule has 0 saturated carbocycles. The number of thioether (sulfide) groups is 1. The predicted molar refractivity (Wildman–Crippen MR) is 134 cm³/mol. The Bertz CT molecular complexity index is 1200. The van der Waals surface area contributed by atoms with Crippen LogP contribution in [-0.4, -0.2) is 41.0 Å². The van der Waals surface area contributed by atoms with Gasteiger partial charge in [-0.3, -0.25) is 0 Å². The number of nitriles is 1. The van der Waals surface area contributed by atoms with Crippen molar-refractivity contribution >= 4 is 40.3 Å². The van der Waals surface area contributed by atoms with Gasteiger partial charge in [0.1, 0.15) is 0 Å². The van der Waals surface area contributed by atoms with Crippen molar-refractivity contribution in [3.63, 3.8) is 0 Å². The van der Waals surface area contributed by atoms with Crippen LogP contribution in [0.4, 0.5) is 16.2 Å². The Hall–Kier alpha value is -3.77. The van der Waals surface area contributed by atoms with E-state index in [4.69, 9.17) is 10.00 Å². The average molecular weight is 476 g/mol. The molecule has 4 rings (SSSR count). The molecular weight excluding hydrogens is 450 g/mol. The molecular formula is C25H25N5O3S. The molecule has 2 aromatic rings. The zero-order chi connectivity index (χ0) is 24.1. The van der Waals surface area contributed by atoms with Crippen molar-refractivity contribution < 1.29 is 14.3 Å². The number of ether oxygens (including phenoxy) is 1. The molecule has 0 unspecified atom stereocenters. The first kappa shape index (κ1) is 23.4. The number of amidine groups is 1. The molecule has 1 saturated heterocycles. The number of urea groups is 1. The van der Waals surface area contributed by atoms with Gasteiger partial charge in [-0.15, -0.1) is 0 Å². The molecule has 2 amide bonds. The fraction of sp³-hybridized carbons (Fsp3) is 0.280. The van der Waals surface area contributed by atoms with Crippen LogP contribution in [0.5, 0.6) is 0 Å². The molecule has 2 aliphatic heterocycles. The molecule has 0 bridgehead atoms. The second-order valence-corrected chi connectivity index (χ2v) is 8.87. The lowest BCUT2D eigenvalue weighted by molar-refractivity contribution is -0.139. The number of carbonyl (C=O) groups excluding carboxylic acids is 2. The Balaban J connectivity index is 1.59. The van der Waals surface area contributed by atoms with E-state index in [9.17, 15) is 9.59 Å². The third-order valence-electron chi connectivity index (χ3n) is 5.49. The van der Waals surface area contributed by atoms with E-state index < -0.39 is 6.03 Å². The Labute approximate surface area is 202 Å². The molecule has 0 spiro atoms. The van der Waals surface area contributed by atoms with E-state index in [0.717, 1.165) is 29.4 Å². The first-order chi connectivity index (χ1) is 16.5. The summed E-state index contributed by atoms with van der Waals surface area (Å²) >= 11 is 1.68. The van der Waals surface area contributed by atoms with E-state index in [2.05, 4.69) is 20.5 Å². The van der Waals surface area contributed by atoms with Crippen molar-refractivity contribution in [2.75, 3.05) is 29.5 Å². The van der Waals surface area contributed by atoms with E-state index in [0.29, 0.717) is 28.2 Å². The molecule has 0 aromatic heterocycles. The van der Waals surface area contributed by atoms with Gasteiger partial charge >= 0.3 is 12.0 Å². The van der Waals surface area contributed by atoms with Crippen LogP contribution in [0.15, 0.2) is 64.8 Å². The summed E-state index contributed by atoms with van der Waals surface area (Å²) in [6.45, 7) is 4.69. The molecule has 2 aliphatic rings. The maximum Gasteiger partial charge on any atom is 0.338 e. The number of nitrogens with one attached hydrogen (secondary N) is 2. The largest absolute Gasteiger partial charge is 0.463 e. The number of anilines is 2. The third-order valence-corrected chi connectivity index (χ3v) is 6.56. The minimum atomic E-state index is -0.404. The number of benzene rings is 2. The van der Waals surface area contributed by atoms with Crippen LogP contribution in [0.1, 0.15) is 37.4 Å². The van der Waals surface area contributed by atoms with Crippen molar-refractivity contribution in [1.82, 2.24) is 4.90 Å². The minimum Gasteiger partial charge on any atom is -0.463 e. The zero-order valence-corrected chi connectivity index (χ0v) is 19.8. The number of nitrogens with zero attached hydrogens (tertiary/aromatic N) is 3. The molecule has 1 atom stereocenters. The number of allylic oxidation sites excluding steroid dienone is 1. The highest BCUT2D eigenvalue weighted by atomic mass is 32.2. The fourth-order valence-corrected chi connectivity index (χ4v) is 5.01. The molecule has 2 aromatic carbocycles. The van der Waals surface area contributed by atoms with E-state index >= 15 is 0 Å². The van der Waals surface area contributed by atoms with Crippen molar-refractivity contribution in [3.8, 4) is 6.07 Å². The van der Waals surface area contributed by atoms with Gasteiger partial charge in [0.2, 0.25) is 0 Å². The summed E-state index contributed by atoms with van der Waals surface area (Å²) in [7, 11) is 0. The van der Waals surface area contributed by atoms with Gasteiger partial charge in [-0.1, -0.05) is 23.9 Å². The lowest BCUT2D eigenvalue weighted by Gasteiger charge is -2.40. The van der Waals surface area contributed by atoms with Gasteiger partial charge in [0, 0.05) is 23.7 Å². The van der Waals surface area contributed by atoms with Crippen LogP contribution >= 0.6 is 11.8 Å². The lowest BCUT2D eigenvalue weighted by Crippen LogP contribution is -2.42. The maximum absolute atomic E-state index is 12.9. The first-order valence-electron chi connectivity index (χ1n) is 11.0. The van der Waals surface area contributed by atoms with Crippen molar-refractivity contribution in [2.24, 2.45) is 4.99 Å². The first-order valence-corrected chi connectivity index (χ1v) is 12.0. The molecule has 2 N–H and O–H groups in total. The van der Waals surface area contributed by atoms with Gasteiger partial charge in [0.15, 0.2) is 5.17 Å². The van der Waals surface area contributed by atoms with E-state index in [-0.39, 0.29) is 18.6 Å². The summed E-state index contributed by atoms with van der Waals surface area (Å²) in [5, 5.41) is 15.4. The van der Waals surface area contributed by atoms with Crippen LogP contribution in [0, 0.1) is 11.3 Å². The lowest BCUT2D eigenvalue weighted by atomic mass is 9.94. The number of hydrogen-bond acceptors (Lipinski definition) is 7. The molecule has 0 radical (unpaired) electrons. The third kappa shape index (κ3) is 5.07. The topological polar surface area (TPSA) is 107 Å². The summed E-state index contributed by atoms with van der Waals surface area (Å²) in [5.41, 5.74) is 3.74. The van der Waals surface area contributed by atoms with Gasteiger partial charge in [0.25, 0.3) is 0 Å². The van der Waals surface area contributed by atoms with Gasteiger partial charge in [-0.25, -0.2) is 14.6 Å². The number of hydrogen-bond donors (Lipinski definition) is 2. The standard InChI is InChI=1S/C25H25N5O3S/c1-3-33-23(31)21-16(2)27-25-30(12-5-13-34-25)22(21)18-6-4-7-20(14-18)29-24(32)28-19-10-8-17(15-26)9-11-19/h4,6-11,14,22H,3,5,12-13H2,1-2H3,(H2,28,29,32)/t22-/m0/s1. The summed E-state index contributed by atoms with van der Waals surface area (Å²) < 4.78 is 5.36. The monoisotopic (exact) mass is 475 g/mol. The Kier molecular flexibility index (Phi) is 7.18. The van der Waals surface area contributed by atoms with E-state index in [1.807, 2.05) is 31.2 Å². The highest BCUT2D eigenvalue weighted by molar-refractivity contribution is 8.13. The molecule has 0 aliphatic carbocycles. The number of amides is 2. The SMILES string of the molecule is CCOC(=O)C1=C(C)N=C2SCCCN2[C@H]1c1cccc(NC(=O)Nc2ccc(C#N)cc2)c1. The van der Waals surface area contributed by atoms with Crippen LogP contribution in [0.3, 0.4) is 0 Å². The number of esters is 1. The quantitative estimate of drug-likeness (QED) is 0.597. The molecule has 9 heteroatoms. The molecule has 174 valence electrons. The van der Waals surface area contributed by atoms with Crippen molar-refractivity contribution in [2.45, 2.75) is 26.3 Å². The molecule has 8 nitrogen and oxygen atoms in total. The van der Waals surface area contributed by atoms with Crippen LogP contribution in [-0.2, 0) is 9.53 Å². The second-order valence-electron chi connectivity index (χ2n) is 7.81. The van der Waals surface area contributed by atoms with Crippen molar-refractivity contribution in [3.05, 3.63) is 70.9 Å². The van der Waals surface area contributed by atoms with E-state index in [1.165, 1.54) is 0 Å². The number of rotatable bonds is 5. The summed E-state index contributed by atoms with van der Waals surface area (Å²) in [6.07, 6.45) is 0.986. The highest BCUT2D eigenvalue weighted by Crippen LogP contribution is 2.40. The van der Waals surface area contributed by atoms with Gasteiger partial charge in [0.05, 0.1) is 35.6 Å². The van der Waals surface area contributed by atoms with Gasteiger partial charge in [-0.05, 0) is 62.2 Å². The predicted octanol–water partition coefficient (Wildman–Crippen LogP) is 4.89. The van der Waals surface area contributed by atoms with Crippen LogP contribution in [0.2, 0.25) is 0 Å². The van der Waals surface area contributed by atoms with Crippen molar-refractivity contribution in [1.29, 1.82) is 5.26 Å². The Morgan fingerprint density at radius 1 is 1.21 bits per heavy atom. The van der Waals surface area contributed by atoms with Crippen LogP contribution in [0.25, 0.3) is 0 Å². The second kappa shape index (κ2) is 10.4. The molecule has 1 fully saturated rings. The van der Waals surface area contributed by atoms with E-state index in [1.54, 1.807) is 49.0 Å². The number of fused-ring (bicyclic) bond motifs is 1. The Morgan fingerprint density at radius 2 is 1.97 bits per heavy atom. The molecule has 34 heavy (non-hydrogen) atoms. The number of aliphatic imine (C=N–C) groups is 1. The molecule has 2 heterocycles. The average Bonchev–Trinajstić information content (AvgIpc) is 2.84. The highest BCUT2D eigenvalue weighted by Gasteiger charge is 2.37. The van der Waals surface area contributed by atoms with Gasteiger partial charge < -0.3 is 20.3 Å². The maximum atomic E-state index is 12.9. The summed E-state index contributed by atoms with van der Waals surface area (Å²) in [5.74, 6) is 0.613. The fourth-order valence-electron chi connectivity index (χ4n) is 3.99. The van der Waals surface area contributed by atoms with Gasteiger partial charge in [-0.2, -0.15) is 5.26 Å². The Morgan fingerprint density at radius 3 is 2.71 bits per heavy atom. The minimum absolute atomic E-state index is 0.283. The number of carbonyl (C=O) groups is 2. The zero-order valence-electron chi connectivity index (χ0n) is 19.0.